The maximum absolute atomic E-state index is 12.4. The molecule has 22 heavy (non-hydrogen) atoms. The minimum Gasteiger partial charge on any atom is -0.300 e. The number of allylic oxidation sites excluding steroid dienone is 2. The molecule has 3 amide bonds. The van der Waals surface area contributed by atoms with Crippen LogP contribution in [0.3, 0.4) is 0 Å². The molecule has 0 unspecified atom stereocenters. The number of rotatable bonds is 3. The smallest absolute Gasteiger partial charge is 0.249 e. The van der Waals surface area contributed by atoms with E-state index in [1.807, 2.05) is 19.1 Å². The molecule has 1 aromatic heterocycles. The average molecular weight is 319 g/mol. The zero-order valence-corrected chi connectivity index (χ0v) is 13.2. The van der Waals surface area contributed by atoms with E-state index in [2.05, 4.69) is 10.3 Å². The molecule has 1 fully saturated rings. The Balaban J connectivity index is 1.74. The zero-order valence-electron chi connectivity index (χ0n) is 12.4. The minimum absolute atomic E-state index is 0.239. The van der Waals surface area contributed by atoms with Gasteiger partial charge in [0.1, 0.15) is 6.04 Å². The normalized spacial score (nSPS) is 25.3. The molecule has 1 saturated heterocycles. The molecule has 0 saturated carbocycles. The van der Waals surface area contributed by atoms with Crippen LogP contribution in [0.2, 0.25) is 0 Å². The predicted molar refractivity (Wildman–Crippen MR) is 82.1 cm³/mol. The first kappa shape index (κ1) is 14.9. The van der Waals surface area contributed by atoms with Crippen molar-refractivity contribution in [2.24, 2.45) is 11.8 Å². The van der Waals surface area contributed by atoms with Crippen LogP contribution in [0.25, 0.3) is 0 Å². The topological polar surface area (TPSA) is 79.4 Å². The molecule has 116 valence electrons. The summed E-state index contributed by atoms with van der Waals surface area (Å²) < 4.78 is 0. The van der Waals surface area contributed by atoms with Crippen LogP contribution < -0.4 is 5.32 Å². The number of anilines is 1. The van der Waals surface area contributed by atoms with Gasteiger partial charge in [0.05, 0.1) is 11.8 Å². The third-order valence-electron chi connectivity index (χ3n) is 4.16. The van der Waals surface area contributed by atoms with E-state index in [1.54, 1.807) is 13.1 Å². The van der Waals surface area contributed by atoms with Crippen molar-refractivity contribution in [2.45, 2.75) is 32.7 Å². The molecular formula is C15H17N3O3S. The first-order valence-electron chi connectivity index (χ1n) is 7.24. The summed E-state index contributed by atoms with van der Waals surface area (Å²) in [6, 6.07) is -0.824. The number of hydrogen-bond donors (Lipinski definition) is 1. The second kappa shape index (κ2) is 5.64. The number of amides is 3. The number of carbonyl (C=O) groups excluding carboxylic acids is 3. The van der Waals surface area contributed by atoms with Crippen LogP contribution in [-0.2, 0) is 14.4 Å². The average Bonchev–Trinajstić information content (AvgIpc) is 3.01. The molecule has 2 heterocycles. The lowest BCUT2D eigenvalue weighted by Gasteiger charge is -2.21. The van der Waals surface area contributed by atoms with Gasteiger partial charge in [-0.2, -0.15) is 0 Å². The second-order valence-electron chi connectivity index (χ2n) is 5.64. The highest BCUT2D eigenvalue weighted by molar-refractivity contribution is 7.15. The number of aryl methyl sites for hydroxylation is 1. The molecule has 3 rings (SSSR count). The molecule has 7 heteroatoms. The van der Waals surface area contributed by atoms with Gasteiger partial charge in [-0.1, -0.05) is 12.2 Å². The van der Waals surface area contributed by atoms with Gasteiger partial charge in [-0.15, -0.1) is 11.3 Å². The standard InChI is InChI=1S/C15H17N3O3S/c1-8-7-16-15(22-8)17-12(19)9(2)18-13(20)10-5-3-4-6-11(10)14(18)21/h3-4,7,9-11H,5-6H2,1-2H3,(H,16,17,19)/t9-,10-,11+/m0/s1. The van der Waals surface area contributed by atoms with Gasteiger partial charge in [0.15, 0.2) is 5.13 Å². The van der Waals surface area contributed by atoms with Crippen LogP contribution in [0, 0.1) is 18.8 Å². The number of hydrogen-bond acceptors (Lipinski definition) is 5. The monoisotopic (exact) mass is 319 g/mol. The van der Waals surface area contributed by atoms with Crippen molar-refractivity contribution in [3.8, 4) is 0 Å². The highest BCUT2D eigenvalue weighted by Gasteiger charge is 2.50. The summed E-state index contributed by atoms with van der Waals surface area (Å²) in [5.41, 5.74) is 0. The fourth-order valence-electron chi connectivity index (χ4n) is 2.95. The van der Waals surface area contributed by atoms with Crippen LogP contribution in [0.5, 0.6) is 0 Å². The van der Waals surface area contributed by atoms with Gasteiger partial charge in [0.25, 0.3) is 0 Å². The molecular weight excluding hydrogens is 302 g/mol. The van der Waals surface area contributed by atoms with Crippen LogP contribution in [0.15, 0.2) is 18.3 Å². The van der Waals surface area contributed by atoms with Crippen molar-refractivity contribution in [3.63, 3.8) is 0 Å². The Labute approximate surface area is 132 Å². The molecule has 0 aromatic carbocycles. The van der Waals surface area contributed by atoms with Gasteiger partial charge >= 0.3 is 0 Å². The molecule has 1 aliphatic heterocycles. The van der Waals surface area contributed by atoms with Crippen LogP contribution in [0.1, 0.15) is 24.6 Å². The van der Waals surface area contributed by atoms with E-state index in [0.717, 1.165) is 9.78 Å². The molecule has 6 nitrogen and oxygen atoms in total. The third-order valence-corrected chi connectivity index (χ3v) is 4.99. The lowest BCUT2D eigenvalue weighted by molar-refractivity contribution is -0.146. The molecule has 3 atom stereocenters. The van der Waals surface area contributed by atoms with Crippen molar-refractivity contribution in [3.05, 3.63) is 23.2 Å². The molecule has 1 aliphatic carbocycles. The van der Waals surface area contributed by atoms with E-state index in [1.165, 1.54) is 11.3 Å². The van der Waals surface area contributed by atoms with Crippen LogP contribution in [0.4, 0.5) is 5.13 Å². The number of thiazole rings is 1. The summed E-state index contributed by atoms with van der Waals surface area (Å²) in [5.74, 6) is -1.48. The number of likely N-dealkylation sites (tertiary alicyclic amines) is 1. The Kier molecular flexibility index (Phi) is 3.82. The van der Waals surface area contributed by atoms with Crippen molar-refractivity contribution >= 4 is 34.2 Å². The Morgan fingerprint density at radius 2 is 1.91 bits per heavy atom. The number of nitrogens with zero attached hydrogens (tertiary/aromatic N) is 2. The van der Waals surface area contributed by atoms with Gasteiger partial charge in [0, 0.05) is 11.1 Å². The van der Waals surface area contributed by atoms with Crippen molar-refractivity contribution in [1.82, 2.24) is 9.88 Å². The Bertz CT molecular complexity index is 641. The maximum Gasteiger partial charge on any atom is 0.249 e. The van der Waals surface area contributed by atoms with Gasteiger partial charge in [-0.3, -0.25) is 19.3 Å². The maximum atomic E-state index is 12.4. The molecule has 0 bridgehead atoms. The number of imide groups is 1. The van der Waals surface area contributed by atoms with Crippen molar-refractivity contribution in [2.75, 3.05) is 5.32 Å². The molecule has 0 radical (unpaired) electrons. The van der Waals surface area contributed by atoms with Crippen LogP contribution >= 0.6 is 11.3 Å². The van der Waals surface area contributed by atoms with E-state index in [4.69, 9.17) is 0 Å². The van der Waals surface area contributed by atoms with Gasteiger partial charge in [-0.05, 0) is 26.7 Å². The third kappa shape index (κ3) is 2.45. The lowest BCUT2D eigenvalue weighted by atomic mass is 9.85. The first-order chi connectivity index (χ1) is 10.5. The summed E-state index contributed by atoms with van der Waals surface area (Å²) in [6.45, 7) is 3.47. The summed E-state index contributed by atoms with van der Waals surface area (Å²) in [5, 5.41) is 3.15. The first-order valence-corrected chi connectivity index (χ1v) is 8.06. The van der Waals surface area contributed by atoms with Crippen molar-refractivity contribution < 1.29 is 14.4 Å². The minimum atomic E-state index is -0.824. The number of fused-ring (bicyclic) bond motifs is 1. The van der Waals surface area contributed by atoms with E-state index in [0.29, 0.717) is 18.0 Å². The summed E-state index contributed by atoms with van der Waals surface area (Å²) in [4.78, 5) is 43.3. The Hall–Kier alpha value is -2.02. The van der Waals surface area contributed by atoms with E-state index in [9.17, 15) is 14.4 Å². The van der Waals surface area contributed by atoms with E-state index >= 15 is 0 Å². The van der Waals surface area contributed by atoms with Gasteiger partial charge in [0.2, 0.25) is 17.7 Å². The molecule has 1 aromatic rings. The number of aromatic nitrogens is 1. The quantitative estimate of drug-likeness (QED) is 0.680. The molecule has 1 N–H and O–H groups in total. The predicted octanol–water partition coefficient (Wildman–Crippen LogP) is 1.73. The van der Waals surface area contributed by atoms with E-state index < -0.39 is 6.04 Å². The van der Waals surface area contributed by atoms with Crippen LogP contribution in [-0.4, -0.2) is 33.6 Å². The zero-order chi connectivity index (χ0) is 15.9. The lowest BCUT2D eigenvalue weighted by Crippen LogP contribution is -2.46. The number of nitrogens with one attached hydrogen (secondary N) is 1. The fraction of sp³-hybridized carbons (Fsp3) is 0.467. The Morgan fingerprint density at radius 3 is 2.41 bits per heavy atom. The highest BCUT2D eigenvalue weighted by Crippen LogP contribution is 2.36. The largest absolute Gasteiger partial charge is 0.300 e. The Morgan fingerprint density at radius 1 is 1.32 bits per heavy atom. The van der Waals surface area contributed by atoms with Gasteiger partial charge < -0.3 is 5.32 Å². The molecule has 0 spiro atoms. The number of carbonyl (C=O) groups is 3. The van der Waals surface area contributed by atoms with Crippen molar-refractivity contribution in [1.29, 1.82) is 0 Å². The summed E-state index contributed by atoms with van der Waals surface area (Å²) >= 11 is 1.36. The van der Waals surface area contributed by atoms with Gasteiger partial charge in [-0.25, -0.2) is 4.98 Å². The molecule has 2 aliphatic rings. The fourth-order valence-corrected chi connectivity index (χ4v) is 3.61. The second-order valence-corrected chi connectivity index (χ2v) is 6.88. The van der Waals surface area contributed by atoms with E-state index in [-0.39, 0.29) is 29.6 Å². The summed E-state index contributed by atoms with van der Waals surface area (Å²) in [6.07, 6.45) is 6.67. The summed E-state index contributed by atoms with van der Waals surface area (Å²) in [7, 11) is 0. The highest BCUT2D eigenvalue weighted by atomic mass is 32.1. The SMILES string of the molecule is Cc1cnc(NC(=O)[C@H](C)N2C(=O)[C@H]3CC=CC[C@H]3C2=O)s1.